The summed E-state index contributed by atoms with van der Waals surface area (Å²) in [6.45, 7) is 0. The molecule has 0 saturated heterocycles. The quantitative estimate of drug-likeness (QED) is 0.217. The molecule has 6 aromatic rings. The molecule has 0 aromatic heterocycles. The van der Waals surface area contributed by atoms with Crippen molar-refractivity contribution in [1.29, 1.82) is 5.26 Å². The Bertz CT molecular complexity index is 1990. The van der Waals surface area contributed by atoms with Crippen LogP contribution in [0.25, 0.3) is 33.0 Å². The largest absolute Gasteiger partial charge is 0.457 e. The second kappa shape index (κ2) is 8.08. The van der Waals surface area contributed by atoms with Gasteiger partial charge in [-0.25, -0.2) is 0 Å². The van der Waals surface area contributed by atoms with Crippen molar-refractivity contribution in [2.24, 2.45) is 0 Å². The standard InChI is InChI=1S/C36H20ClNO/c37-24-15-18-33-35(20-24)39-34-19-22(26-16-13-23(21-38)25-7-1-2-8-27(25)26)14-17-32(34)36(33)30-11-5-3-9-28(30)29-10-4-6-12-31(29)36/h1-20H. The summed E-state index contributed by atoms with van der Waals surface area (Å²) >= 11 is 6.51. The van der Waals surface area contributed by atoms with Gasteiger partial charge in [-0.05, 0) is 63.0 Å². The Kier molecular flexibility index (Phi) is 4.59. The molecule has 3 heteroatoms. The molecule has 182 valence electrons. The van der Waals surface area contributed by atoms with Crippen LogP contribution >= 0.6 is 11.6 Å². The van der Waals surface area contributed by atoms with E-state index in [4.69, 9.17) is 16.3 Å². The molecule has 1 aliphatic heterocycles. The van der Waals surface area contributed by atoms with Crippen molar-refractivity contribution in [1.82, 2.24) is 0 Å². The highest BCUT2D eigenvalue weighted by molar-refractivity contribution is 6.30. The molecule has 39 heavy (non-hydrogen) atoms. The van der Waals surface area contributed by atoms with Crippen molar-refractivity contribution in [3.05, 3.63) is 154 Å². The average Bonchev–Trinajstić information content (AvgIpc) is 3.27. The third-order valence-electron chi connectivity index (χ3n) is 8.26. The summed E-state index contributed by atoms with van der Waals surface area (Å²) in [6, 6.07) is 44.2. The van der Waals surface area contributed by atoms with E-state index in [0.717, 1.165) is 44.5 Å². The molecule has 0 unspecified atom stereocenters. The first kappa shape index (κ1) is 22.2. The monoisotopic (exact) mass is 517 g/mol. The van der Waals surface area contributed by atoms with Gasteiger partial charge < -0.3 is 4.74 Å². The highest BCUT2D eigenvalue weighted by Gasteiger charge is 2.51. The third-order valence-corrected chi connectivity index (χ3v) is 8.50. The lowest BCUT2D eigenvalue weighted by Gasteiger charge is -2.39. The van der Waals surface area contributed by atoms with Crippen molar-refractivity contribution in [2.75, 3.05) is 0 Å². The zero-order chi connectivity index (χ0) is 26.1. The lowest BCUT2D eigenvalue weighted by atomic mass is 9.66. The van der Waals surface area contributed by atoms with Crippen molar-refractivity contribution in [3.63, 3.8) is 0 Å². The van der Waals surface area contributed by atoms with Gasteiger partial charge in [0.1, 0.15) is 11.5 Å². The molecular weight excluding hydrogens is 498 g/mol. The minimum absolute atomic E-state index is 0.522. The van der Waals surface area contributed by atoms with Crippen LogP contribution in [0.1, 0.15) is 27.8 Å². The Balaban J connectivity index is 1.45. The number of nitriles is 1. The van der Waals surface area contributed by atoms with Gasteiger partial charge in [0.25, 0.3) is 0 Å². The maximum atomic E-state index is 9.67. The zero-order valence-electron chi connectivity index (χ0n) is 20.8. The van der Waals surface area contributed by atoms with Crippen LogP contribution in [0.2, 0.25) is 5.02 Å². The fourth-order valence-electron chi connectivity index (χ4n) is 6.70. The Labute approximate surface area is 231 Å². The van der Waals surface area contributed by atoms with Crippen LogP contribution in [0.3, 0.4) is 0 Å². The molecule has 0 bridgehead atoms. The van der Waals surface area contributed by atoms with E-state index < -0.39 is 5.41 Å². The molecule has 1 spiro atoms. The van der Waals surface area contributed by atoms with Gasteiger partial charge in [-0.15, -0.1) is 0 Å². The number of ether oxygens (including phenoxy) is 1. The summed E-state index contributed by atoms with van der Waals surface area (Å²) in [5.74, 6) is 1.57. The second-order valence-corrected chi connectivity index (χ2v) is 10.5. The molecule has 1 aliphatic carbocycles. The predicted octanol–water partition coefficient (Wildman–Crippen LogP) is 9.50. The maximum Gasteiger partial charge on any atom is 0.133 e. The second-order valence-electron chi connectivity index (χ2n) is 10.1. The van der Waals surface area contributed by atoms with Crippen molar-refractivity contribution in [2.45, 2.75) is 5.41 Å². The highest BCUT2D eigenvalue weighted by atomic mass is 35.5. The fourth-order valence-corrected chi connectivity index (χ4v) is 6.86. The lowest BCUT2D eigenvalue weighted by Crippen LogP contribution is -2.32. The normalized spacial score (nSPS) is 13.6. The zero-order valence-corrected chi connectivity index (χ0v) is 21.5. The van der Waals surface area contributed by atoms with Gasteiger partial charge in [-0.3, -0.25) is 0 Å². The van der Waals surface area contributed by atoms with Gasteiger partial charge in [-0.1, -0.05) is 109 Å². The summed E-state index contributed by atoms with van der Waals surface area (Å²) in [6.07, 6.45) is 0. The molecule has 0 radical (unpaired) electrons. The van der Waals surface area contributed by atoms with Gasteiger partial charge in [-0.2, -0.15) is 5.26 Å². The number of halogens is 1. The number of rotatable bonds is 1. The minimum atomic E-state index is -0.522. The first-order valence-electron chi connectivity index (χ1n) is 12.9. The molecule has 2 nitrogen and oxygen atoms in total. The highest BCUT2D eigenvalue weighted by Crippen LogP contribution is 2.62. The van der Waals surface area contributed by atoms with Crippen LogP contribution in [0.5, 0.6) is 11.5 Å². The summed E-state index contributed by atoms with van der Waals surface area (Å²) in [7, 11) is 0. The molecule has 8 rings (SSSR count). The van der Waals surface area contributed by atoms with Crippen molar-refractivity contribution in [3.8, 4) is 39.8 Å². The topological polar surface area (TPSA) is 33.0 Å². The fraction of sp³-hybridized carbons (Fsp3) is 0.0278. The van der Waals surface area contributed by atoms with Gasteiger partial charge >= 0.3 is 0 Å². The van der Waals surface area contributed by atoms with Gasteiger partial charge in [0, 0.05) is 21.5 Å². The van der Waals surface area contributed by atoms with Gasteiger partial charge in [0.2, 0.25) is 0 Å². The smallest absolute Gasteiger partial charge is 0.133 e. The number of hydrogen-bond acceptors (Lipinski definition) is 2. The van der Waals surface area contributed by atoms with Crippen LogP contribution < -0.4 is 4.74 Å². The Morgan fingerprint density at radius 1 is 0.564 bits per heavy atom. The van der Waals surface area contributed by atoms with E-state index in [9.17, 15) is 5.26 Å². The van der Waals surface area contributed by atoms with Crippen LogP contribution in [-0.2, 0) is 5.41 Å². The number of hydrogen-bond donors (Lipinski definition) is 0. The molecule has 6 aromatic carbocycles. The Morgan fingerprint density at radius 2 is 1.18 bits per heavy atom. The molecule has 0 saturated carbocycles. The Morgan fingerprint density at radius 3 is 1.90 bits per heavy atom. The van der Waals surface area contributed by atoms with E-state index in [0.29, 0.717) is 10.6 Å². The van der Waals surface area contributed by atoms with Crippen LogP contribution in [0, 0.1) is 11.3 Å². The summed E-state index contributed by atoms with van der Waals surface area (Å²) in [5.41, 5.74) is 9.42. The number of benzene rings is 6. The van der Waals surface area contributed by atoms with E-state index in [2.05, 4.69) is 84.9 Å². The lowest BCUT2D eigenvalue weighted by molar-refractivity contribution is 0.436. The predicted molar refractivity (Wildman–Crippen MR) is 156 cm³/mol. The van der Waals surface area contributed by atoms with Crippen LogP contribution in [-0.4, -0.2) is 0 Å². The van der Waals surface area contributed by atoms with Gasteiger partial charge in [0.15, 0.2) is 0 Å². The molecule has 0 amide bonds. The molecular formula is C36H20ClNO. The molecule has 0 N–H and O–H groups in total. The maximum absolute atomic E-state index is 9.67. The first-order valence-corrected chi connectivity index (χ1v) is 13.3. The average molecular weight is 518 g/mol. The van der Waals surface area contributed by atoms with Gasteiger partial charge in [0.05, 0.1) is 17.0 Å². The molecule has 0 atom stereocenters. The SMILES string of the molecule is N#Cc1ccc(-c2ccc3c(c2)Oc2cc(Cl)ccc2C32c3ccccc3-c3ccccc32)c2ccccc12. The van der Waals surface area contributed by atoms with Crippen molar-refractivity contribution < 1.29 is 4.74 Å². The molecule has 0 fully saturated rings. The summed E-state index contributed by atoms with van der Waals surface area (Å²) in [4.78, 5) is 0. The van der Waals surface area contributed by atoms with Crippen LogP contribution in [0.4, 0.5) is 0 Å². The van der Waals surface area contributed by atoms with E-state index in [1.54, 1.807) is 0 Å². The van der Waals surface area contributed by atoms with E-state index in [-0.39, 0.29) is 0 Å². The number of fused-ring (bicyclic) bond motifs is 10. The van der Waals surface area contributed by atoms with Crippen molar-refractivity contribution >= 4 is 22.4 Å². The third kappa shape index (κ3) is 2.91. The van der Waals surface area contributed by atoms with E-state index >= 15 is 0 Å². The molecule has 1 heterocycles. The Hall–Kier alpha value is -4.84. The minimum Gasteiger partial charge on any atom is -0.457 e. The van der Waals surface area contributed by atoms with E-state index in [1.807, 2.05) is 42.5 Å². The summed E-state index contributed by atoms with van der Waals surface area (Å²) < 4.78 is 6.66. The number of nitrogens with zero attached hydrogens (tertiary/aromatic N) is 1. The van der Waals surface area contributed by atoms with Crippen LogP contribution in [0.15, 0.2) is 121 Å². The summed E-state index contributed by atoms with van der Waals surface area (Å²) in [5, 5.41) is 12.3. The van der Waals surface area contributed by atoms with E-state index in [1.165, 1.54) is 22.3 Å². The molecule has 2 aliphatic rings. The first-order chi connectivity index (χ1) is 19.2.